The molecular weight excluding hydrogens is 450 g/mol. The first kappa shape index (κ1) is 24.0. The zero-order chi connectivity index (χ0) is 25.2. The van der Waals surface area contributed by atoms with Crippen LogP contribution in [0.15, 0.2) is 121 Å². The molecule has 2 N–H and O–H groups in total. The maximum Gasteiger partial charge on any atom is 0.272 e. The van der Waals surface area contributed by atoms with Crippen LogP contribution in [-0.2, 0) is 4.79 Å². The van der Waals surface area contributed by atoms with E-state index in [9.17, 15) is 14.4 Å². The molecule has 1 heterocycles. The minimum atomic E-state index is -0.508. The molecule has 0 unspecified atom stereocenters. The van der Waals surface area contributed by atoms with Crippen LogP contribution < -0.4 is 10.6 Å². The van der Waals surface area contributed by atoms with Crippen molar-refractivity contribution in [1.29, 1.82) is 0 Å². The lowest BCUT2D eigenvalue weighted by molar-refractivity contribution is -0.113. The molecule has 1 aromatic heterocycles. The quantitative estimate of drug-likeness (QED) is 0.265. The van der Waals surface area contributed by atoms with Crippen molar-refractivity contribution in [2.24, 2.45) is 0 Å². The zero-order valence-electron chi connectivity index (χ0n) is 19.3. The van der Waals surface area contributed by atoms with E-state index in [0.717, 1.165) is 5.56 Å². The van der Waals surface area contributed by atoms with Gasteiger partial charge in [0.25, 0.3) is 11.8 Å². The summed E-state index contributed by atoms with van der Waals surface area (Å²) >= 11 is 0. The Labute approximate surface area is 209 Å². The molecule has 0 aliphatic carbocycles. The molecule has 6 nitrogen and oxygen atoms in total. The van der Waals surface area contributed by atoms with Crippen molar-refractivity contribution in [2.75, 3.05) is 5.32 Å². The van der Waals surface area contributed by atoms with E-state index >= 15 is 0 Å². The number of rotatable bonds is 8. The van der Waals surface area contributed by atoms with Crippen LogP contribution in [0.25, 0.3) is 12.2 Å². The second-order valence-electron chi connectivity index (χ2n) is 7.80. The number of ketones is 1. The van der Waals surface area contributed by atoms with Gasteiger partial charge in [-0.2, -0.15) is 0 Å². The summed E-state index contributed by atoms with van der Waals surface area (Å²) in [6.45, 7) is 0. The van der Waals surface area contributed by atoms with E-state index in [1.165, 1.54) is 6.08 Å². The lowest BCUT2D eigenvalue weighted by Crippen LogP contribution is -2.30. The monoisotopic (exact) mass is 473 g/mol. The third-order valence-corrected chi connectivity index (χ3v) is 5.18. The molecule has 0 saturated carbocycles. The van der Waals surface area contributed by atoms with E-state index in [1.807, 2.05) is 36.4 Å². The number of hydrogen-bond acceptors (Lipinski definition) is 4. The number of nitrogens with one attached hydrogen (secondary N) is 2. The van der Waals surface area contributed by atoms with E-state index in [1.54, 1.807) is 85.2 Å². The van der Waals surface area contributed by atoms with Crippen LogP contribution in [0.2, 0.25) is 0 Å². The summed E-state index contributed by atoms with van der Waals surface area (Å²) in [5.74, 6) is -1.07. The topological polar surface area (TPSA) is 88.2 Å². The van der Waals surface area contributed by atoms with E-state index in [2.05, 4.69) is 15.6 Å². The Balaban J connectivity index is 1.48. The van der Waals surface area contributed by atoms with Gasteiger partial charge in [0, 0.05) is 29.2 Å². The molecule has 36 heavy (non-hydrogen) atoms. The molecule has 0 fully saturated rings. The Kier molecular flexibility index (Phi) is 7.91. The van der Waals surface area contributed by atoms with E-state index in [4.69, 9.17) is 0 Å². The highest BCUT2D eigenvalue weighted by Crippen LogP contribution is 2.14. The molecule has 0 aliphatic heterocycles. The second-order valence-corrected chi connectivity index (χ2v) is 7.80. The zero-order valence-corrected chi connectivity index (χ0v) is 19.3. The molecule has 0 aliphatic rings. The van der Waals surface area contributed by atoms with Crippen molar-refractivity contribution in [3.8, 4) is 0 Å². The fourth-order valence-electron chi connectivity index (χ4n) is 3.32. The van der Waals surface area contributed by atoms with E-state index in [-0.39, 0.29) is 11.5 Å². The van der Waals surface area contributed by atoms with Gasteiger partial charge in [0.1, 0.15) is 5.70 Å². The highest BCUT2D eigenvalue weighted by Gasteiger charge is 2.15. The van der Waals surface area contributed by atoms with Crippen LogP contribution in [0.4, 0.5) is 5.69 Å². The van der Waals surface area contributed by atoms with Crippen LogP contribution >= 0.6 is 0 Å². The van der Waals surface area contributed by atoms with Crippen molar-refractivity contribution in [1.82, 2.24) is 10.3 Å². The predicted octanol–water partition coefficient (Wildman–Crippen LogP) is 5.39. The van der Waals surface area contributed by atoms with Crippen LogP contribution in [0, 0.1) is 0 Å². The van der Waals surface area contributed by atoms with Crippen LogP contribution in [0.3, 0.4) is 0 Å². The molecule has 0 saturated heterocycles. The Morgan fingerprint density at radius 3 is 2.03 bits per heavy atom. The van der Waals surface area contributed by atoms with Gasteiger partial charge in [0.2, 0.25) is 0 Å². The Morgan fingerprint density at radius 2 is 1.36 bits per heavy atom. The van der Waals surface area contributed by atoms with Crippen molar-refractivity contribution in [3.05, 3.63) is 143 Å². The van der Waals surface area contributed by atoms with Crippen LogP contribution in [0.5, 0.6) is 0 Å². The fraction of sp³-hybridized carbons (Fsp3) is 0. The third kappa shape index (κ3) is 6.71. The van der Waals surface area contributed by atoms with Crippen molar-refractivity contribution < 1.29 is 14.4 Å². The number of nitrogens with zero attached hydrogens (tertiary/aromatic N) is 1. The molecule has 0 spiro atoms. The average molecular weight is 474 g/mol. The number of anilines is 1. The van der Waals surface area contributed by atoms with Crippen molar-refractivity contribution in [3.63, 3.8) is 0 Å². The number of amides is 2. The van der Waals surface area contributed by atoms with Gasteiger partial charge in [0.05, 0.1) is 0 Å². The molecule has 4 rings (SSSR count). The smallest absolute Gasteiger partial charge is 0.272 e. The number of hydrogen-bond donors (Lipinski definition) is 2. The Hall–Kier alpha value is -5.10. The summed E-state index contributed by atoms with van der Waals surface area (Å²) in [7, 11) is 0. The summed E-state index contributed by atoms with van der Waals surface area (Å²) in [4.78, 5) is 42.3. The SMILES string of the molecule is O=C(Nc1ccc(C(=O)/C=C/c2ccccc2)cc1)/C(=C/c1cccnc1)NC(=O)c1ccccc1. The molecule has 176 valence electrons. The molecular formula is C30H23N3O3. The minimum Gasteiger partial charge on any atom is -0.321 e. The summed E-state index contributed by atoms with van der Waals surface area (Å²) in [6.07, 6.45) is 8.03. The van der Waals surface area contributed by atoms with Crippen LogP contribution in [0.1, 0.15) is 31.8 Å². The lowest BCUT2D eigenvalue weighted by Gasteiger charge is -2.11. The molecule has 4 aromatic rings. The van der Waals surface area contributed by atoms with E-state index < -0.39 is 11.8 Å². The molecule has 3 aromatic carbocycles. The summed E-state index contributed by atoms with van der Waals surface area (Å²) in [6, 6.07) is 28.2. The summed E-state index contributed by atoms with van der Waals surface area (Å²) < 4.78 is 0. The number of pyridine rings is 1. The van der Waals surface area contributed by atoms with E-state index in [0.29, 0.717) is 22.4 Å². The third-order valence-electron chi connectivity index (χ3n) is 5.18. The standard InChI is InChI=1S/C30H23N3O3/c34-28(18-13-22-8-3-1-4-9-22)24-14-16-26(17-15-24)32-30(36)27(20-23-10-7-19-31-21-23)33-29(35)25-11-5-2-6-12-25/h1-21H,(H,32,36)(H,33,35)/b18-13+,27-20-. The summed E-state index contributed by atoms with van der Waals surface area (Å²) in [5, 5.41) is 5.45. The van der Waals surface area contributed by atoms with Gasteiger partial charge in [0.15, 0.2) is 5.78 Å². The van der Waals surface area contributed by atoms with Gasteiger partial charge in [-0.1, -0.05) is 60.7 Å². The number of benzene rings is 3. The van der Waals surface area contributed by atoms with Gasteiger partial charge in [-0.3, -0.25) is 19.4 Å². The highest BCUT2D eigenvalue weighted by molar-refractivity contribution is 6.11. The first-order valence-electron chi connectivity index (χ1n) is 11.3. The van der Waals surface area contributed by atoms with Gasteiger partial charge >= 0.3 is 0 Å². The maximum atomic E-state index is 13.1. The molecule has 2 amide bonds. The number of allylic oxidation sites excluding steroid dienone is 1. The van der Waals surface area contributed by atoms with Crippen molar-refractivity contribution >= 4 is 35.4 Å². The second kappa shape index (κ2) is 11.9. The largest absolute Gasteiger partial charge is 0.321 e. The van der Waals surface area contributed by atoms with Crippen molar-refractivity contribution in [2.45, 2.75) is 0 Å². The van der Waals surface area contributed by atoms with Crippen LogP contribution in [-0.4, -0.2) is 22.6 Å². The average Bonchev–Trinajstić information content (AvgIpc) is 2.93. The highest BCUT2D eigenvalue weighted by atomic mass is 16.2. The lowest BCUT2D eigenvalue weighted by atomic mass is 10.1. The molecule has 0 bridgehead atoms. The predicted molar refractivity (Wildman–Crippen MR) is 141 cm³/mol. The molecule has 0 atom stereocenters. The molecule has 0 radical (unpaired) electrons. The number of carbonyl (C=O) groups excluding carboxylic acids is 3. The number of carbonyl (C=O) groups is 3. The first-order chi connectivity index (χ1) is 17.6. The van der Waals surface area contributed by atoms with Gasteiger partial charge in [-0.25, -0.2) is 0 Å². The normalized spacial score (nSPS) is 11.2. The van der Waals surface area contributed by atoms with Gasteiger partial charge < -0.3 is 10.6 Å². The first-order valence-corrected chi connectivity index (χ1v) is 11.3. The Morgan fingerprint density at radius 1 is 0.694 bits per heavy atom. The Bertz CT molecular complexity index is 1400. The van der Waals surface area contributed by atoms with Gasteiger partial charge in [-0.15, -0.1) is 0 Å². The fourth-order valence-corrected chi connectivity index (χ4v) is 3.32. The summed E-state index contributed by atoms with van der Waals surface area (Å²) in [5.41, 5.74) is 3.04. The van der Waals surface area contributed by atoms with Gasteiger partial charge in [-0.05, 0) is 65.7 Å². The molecule has 6 heteroatoms. The maximum absolute atomic E-state index is 13.1. The number of aromatic nitrogens is 1. The minimum absolute atomic E-state index is 0.0581.